The number of nitrogens with zero attached hydrogens (tertiary/aromatic N) is 3. The molecular formula is C20H23N3O. The quantitative estimate of drug-likeness (QED) is 0.812. The molecule has 0 N–H and O–H groups in total. The van der Waals surface area contributed by atoms with Gasteiger partial charge in [0.25, 0.3) is 0 Å². The second-order valence-corrected chi connectivity index (χ2v) is 6.84. The summed E-state index contributed by atoms with van der Waals surface area (Å²) in [4.78, 5) is 0. The molecule has 124 valence electrons. The first-order valence-electron chi connectivity index (χ1n) is 8.96. The number of aromatic nitrogens is 3. The van der Waals surface area contributed by atoms with E-state index < -0.39 is 0 Å². The normalized spacial score (nSPS) is 20.4. The number of hydrogen-bond donors (Lipinski definition) is 0. The van der Waals surface area contributed by atoms with Crippen molar-refractivity contribution in [2.75, 3.05) is 6.61 Å². The van der Waals surface area contributed by atoms with E-state index in [9.17, 15) is 0 Å². The molecule has 1 aromatic carbocycles. The molecular weight excluding hydrogens is 298 g/mol. The Balaban J connectivity index is 1.38. The fraction of sp³-hybridized carbons (Fsp3) is 0.500. The molecule has 2 aromatic rings. The topological polar surface area (TPSA) is 39.9 Å². The van der Waals surface area contributed by atoms with Gasteiger partial charge in [-0.3, -0.25) is 0 Å². The molecule has 1 atom stereocenters. The predicted octanol–water partition coefficient (Wildman–Crippen LogP) is 3.20. The largest absolute Gasteiger partial charge is 0.376 e. The van der Waals surface area contributed by atoms with Crippen molar-refractivity contribution < 1.29 is 4.74 Å². The Kier molecular flexibility index (Phi) is 4.62. The van der Waals surface area contributed by atoms with Gasteiger partial charge in [-0.05, 0) is 49.8 Å². The molecule has 2 fully saturated rings. The van der Waals surface area contributed by atoms with E-state index in [2.05, 4.69) is 46.4 Å². The number of benzene rings is 1. The lowest BCUT2D eigenvalue weighted by atomic mass is 10.1. The highest BCUT2D eigenvalue weighted by atomic mass is 16.5. The lowest BCUT2D eigenvalue weighted by Crippen LogP contribution is -2.24. The van der Waals surface area contributed by atoms with Crippen LogP contribution in [0.1, 0.15) is 48.9 Å². The van der Waals surface area contributed by atoms with Crippen molar-refractivity contribution in [3.05, 3.63) is 47.3 Å². The molecule has 4 rings (SSSR count). The highest BCUT2D eigenvalue weighted by Gasteiger charge is 2.17. The van der Waals surface area contributed by atoms with Crippen LogP contribution >= 0.6 is 0 Å². The molecule has 1 aliphatic heterocycles. The Morgan fingerprint density at radius 1 is 1.21 bits per heavy atom. The zero-order valence-corrected chi connectivity index (χ0v) is 13.9. The fourth-order valence-corrected chi connectivity index (χ4v) is 3.05. The van der Waals surface area contributed by atoms with E-state index in [4.69, 9.17) is 4.74 Å². The Labute approximate surface area is 143 Å². The van der Waals surface area contributed by atoms with E-state index in [1.165, 1.54) is 31.2 Å². The molecule has 4 heteroatoms. The smallest absolute Gasteiger partial charge is 0.0870 e. The van der Waals surface area contributed by atoms with E-state index in [0.717, 1.165) is 37.3 Å². The van der Waals surface area contributed by atoms with Crippen LogP contribution in [-0.2, 0) is 17.7 Å². The zero-order valence-electron chi connectivity index (χ0n) is 13.9. The fourth-order valence-electron chi connectivity index (χ4n) is 3.05. The molecule has 0 spiro atoms. The third-order valence-electron chi connectivity index (χ3n) is 4.56. The second kappa shape index (κ2) is 7.19. The Morgan fingerprint density at radius 2 is 2.17 bits per heavy atom. The predicted molar refractivity (Wildman–Crippen MR) is 92.5 cm³/mol. The molecule has 24 heavy (non-hydrogen) atoms. The van der Waals surface area contributed by atoms with Crippen LogP contribution in [0.15, 0.2) is 30.5 Å². The lowest BCUT2D eigenvalue weighted by Gasteiger charge is -2.21. The highest BCUT2D eigenvalue weighted by Crippen LogP contribution is 2.27. The summed E-state index contributed by atoms with van der Waals surface area (Å²) in [5.74, 6) is 7.24. The van der Waals surface area contributed by atoms with Crippen molar-refractivity contribution in [1.82, 2.24) is 15.0 Å². The van der Waals surface area contributed by atoms with Gasteiger partial charge in [-0.1, -0.05) is 29.2 Å². The summed E-state index contributed by atoms with van der Waals surface area (Å²) in [5.41, 5.74) is 3.33. The van der Waals surface area contributed by atoms with Crippen LogP contribution in [0.5, 0.6) is 0 Å². The Morgan fingerprint density at radius 3 is 3.00 bits per heavy atom. The van der Waals surface area contributed by atoms with Crippen LogP contribution in [-0.4, -0.2) is 27.7 Å². The third-order valence-corrected chi connectivity index (χ3v) is 4.56. The van der Waals surface area contributed by atoms with E-state index in [1.807, 2.05) is 10.9 Å². The molecule has 2 heterocycles. The van der Waals surface area contributed by atoms with Crippen LogP contribution in [0, 0.1) is 17.8 Å². The van der Waals surface area contributed by atoms with Crippen LogP contribution in [0.2, 0.25) is 0 Å². The van der Waals surface area contributed by atoms with E-state index in [-0.39, 0.29) is 6.10 Å². The van der Waals surface area contributed by atoms with E-state index in [1.54, 1.807) is 0 Å². The molecule has 0 bridgehead atoms. The van der Waals surface area contributed by atoms with Crippen LogP contribution in [0.4, 0.5) is 0 Å². The second-order valence-electron chi connectivity index (χ2n) is 6.84. The first-order valence-corrected chi connectivity index (χ1v) is 8.96. The molecule has 4 nitrogen and oxygen atoms in total. The molecule has 0 amide bonds. The average Bonchev–Trinajstić information content (AvgIpc) is 3.35. The molecule has 1 aromatic heterocycles. The number of rotatable bonds is 4. The van der Waals surface area contributed by atoms with Gasteiger partial charge >= 0.3 is 0 Å². The van der Waals surface area contributed by atoms with Crippen molar-refractivity contribution in [2.24, 2.45) is 5.92 Å². The van der Waals surface area contributed by atoms with Gasteiger partial charge in [-0.25, -0.2) is 4.68 Å². The molecule has 1 saturated carbocycles. The molecule has 2 aliphatic rings. The standard InChI is InChI=1S/C20H23N3O/c1-2-11-24-20(6-1)15-23-14-19(21-22-23)13-18-5-3-4-17(12-18)10-9-16-7-8-16/h3-5,12,14,16,20H,1-2,6-8,11,13,15H2. The highest BCUT2D eigenvalue weighted by molar-refractivity contribution is 5.39. The average molecular weight is 321 g/mol. The molecule has 1 unspecified atom stereocenters. The molecule has 0 radical (unpaired) electrons. The summed E-state index contributed by atoms with van der Waals surface area (Å²) in [6.07, 6.45) is 9.21. The van der Waals surface area contributed by atoms with Gasteiger partial charge in [0.1, 0.15) is 0 Å². The molecule has 1 aliphatic carbocycles. The minimum atomic E-state index is 0.286. The summed E-state index contributed by atoms with van der Waals surface area (Å²) >= 11 is 0. The number of hydrogen-bond acceptors (Lipinski definition) is 3. The first-order chi connectivity index (χ1) is 11.8. The summed E-state index contributed by atoms with van der Waals surface area (Å²) in [6.45, 7) is 1.68. The van der Waals surface area contributed by atoms with E-state index in [0.29, 0.717) is 5.92 Å². The van der Waals surface area contributed by atoms with Crippen LogP contribution in [0.25, 0.3) is 0 Å². The van der Waals surface area contributed by atoms with Gasteiger partial charge in [0.2, 0.25) is 0 Å². The maximum atomic E-state index is 5.77. The number of ether oxygens (including phenoxy) is 1. The van der Waals surface area contributed by atoms with Gasteiger partial charge in [0, 0.05) is 30.7 Å². The van der Waals surface area contributed by atoms with Crippen molar-refractivity contribution in [2.45, 2.75) is 51.2 Å². The minimum absolute atomic E-state index is 0.286. The van der Waals surface area contributed by atoms with Crippen molar-refractivity contribution >= 4 is 0 Å². The third kappa shape index (κ3) is 4.24. The summed E-state index contributed by atoms with van der Waals surface area (Å²) in [6, 6.07) is 8.45. The monoisotopic (exact) mass is 321 g/mol. The summed E-state index contributed by atoms with van der Waals surface area (Å²) in [7, 11) is 0. The van der Waals surface area contributed by atoms with Crippen LogP contribution < -0.4 is 0 Å². The van der Waals surface area contributed by atoms with Crippen molar-refractivity contribution in [3.8, 4) is 11.8 Å². The van der Waals surface area contributed by atoms with Crippen LogP contribution in [0.3, 0.4) is 0 Å². The van der Waals surface area contributed by atoms with Gasteiger partial charge in [0.05, 0.1) is 18.3 Å². The minimum Gasteiger partial charge on any atom is -0.376 e. The van der Waals surface area contributed by atoms with E-state index >= 15 is 0 Å². The zero-order chi connectivity index (χ0) is 16.2. The Hall–Kier alpha value is -2.12. The van der Waals surface area contributed by atoms with Crippen molar-refractivity contribution in [3.63, 3.8) is 0 Å². The molecule has 1 saturated heterocycles. The summed E-state index contributed by atoms with van der Waals surface area (Å²) < 4.78 is 7.69. The Bertz CT molecular complexity index is 745. The van der Waals surface area contributed by atoms with Gasteiger partial charge in [0.15, 0.2) is 0 Å². The van der Waals surface area contributed by atoms with Crippen molar-refractivity contribution in [1.29, 1.82) is 0 Å². The summed E-state index contributed by atoms with van der Waals surface area (Å²) in [5, 5.41) is 8.57. The lowest BCUT2D eigenvalue weighted by molar-refractivity contribution is 0.00370. The first kappa shape index (κ1) is 15.4. The maximum Gasteiger partial charge on any atom is 0.0870 e. The van der Waals surface area contributed by atoms with Gasteiger partial charge in [-0.2, -0.15) is 0 Å². The maximum absolute atomic E-state index is 5.77. The van der Waals surface area contributed by atoms with Gasteiger partial charge in [-0.15, -0.1) is 5.10 Å². The van der Waals surface area contributed by atoms with Gasteiger partial charge < -0.3 is 4.74 Å². The SMILES string of the molecule is C(#CC1CC1)c1cccc(Cc2cn(CC3CCCCO3)nn2)c1.